The van der Waals surface area contributed by atoms with Crippen molar-refractivity contribution >= 4 is 33.2 Å². The third-order valence-corrected chi connectivity index (χ3v) is 5.69. The van der Waals surface area contributed by atoms with Crippen molar-refractivity contribution in [1.29, 1.82) is 0 Å². The minimum absolute atomic E-state index is 0.143. The Morgan fingerprint density at radius 2 is 1.82 bits per heavy atom. The molecule has 0 radical (unpaired) electrons. The second kappa shape index (κ2) is 8.95. The minimum atomic E-state index is -3.72. The number of furan rings is 1. The standard InChI is InChI=1S/C20H19ClN2O4S/c21-19-14-15(23-28(25,26)17-8-2-1-3-9-17)10-11-18(19)20(24)22-12-4-6-16-7-5-13-27-16/h1-3,5,7-11,13-14,23H,4,6,12H2,(H,22,24). The first-order valence-corrected chi connectivity index (χ1v) is 10.5. The van der Waals surface area contributed by atoms with Crippen LogP contribution in [0.3, 0.4) is 0 Å². The van der Waals surface area contributed by atoms with Crippen LogP contribution < -0.4 is 10.0 Å². The van der Waals surface area contributed by atoms with Crippen LogP contribution in [0.2, 0.25) is 5.02 Å². The molecule has 0 fully saturated rings. The molecule has 0 atom stereocenters. The van der Waals surface area contributed by atoms with E-state index in [0.717, 1.165) is 18.6 Å². The number of hydrogen-bond donors (Lipinski definition) is 2. The molecular formula is C20H19ClN2O4S. The average Bonchev–Trinajstić information content (AvgIpc) is 3.19. The normalized spacial score (nSPS) is 11.2. The highest BCUT2D eigenvalue weighted by Crippen LogP contribution is 2.23. The van der Waals surface area contributed by atoms with Gasteiger partial charge in [0.25, 0.3) is 15.9 Å². The molecule has 0 saturated heterocycles. The van der Waals surface area contributed by atoms with Crippen LogP contribution >= 0.6 is 11.6 Å². The number of amides is 1. The molecule has 146 valence electrons. The molecule has 2 aromatic carbocycles. The molecule has 0 spiro atoms. The van der Waals surface area contributed by atoms with Gasteiger partial charge in [-0.3, -0.25) is 9.52 Å². The first kappa shape index (κ1) is 20.0. The zero-order valence-corrected chi connectivity index (χ0v) is 16.5. The second-order valence-electron chi connectivity index (χ2n) is 6.05. The largest absolute Gasteiger partial charge is 0.469 e. The Hall–Kier alpha value is -2.77. The lowest BCUT2D eigenvalue weighted by molar-refractivity contribution is 0.0953. The van der Waals surface area contributed by atoms with Gasteiger partial charge in [0.05, 0.1) is 27.4 Å². The quantitative estimate of drug-likeness (QED) is 0.539. The molecular weight excluding hydrogens is 400 g/mol. The number of nitrogens with one attached hydrogen (secondary N) is 2. The van der Waals surface area contributed by atoms with Crippen LogP contribution in [0, 0.1) is 0 Å². The first-order valence-electron chi connectivity index (χ1n) is 8.64. The van der Waals surface area contributed by atoms with Gasteiger partial charge in [-0.15, -0.1) is 0 Å². The van der Waals surface area contributed by atoms with Crippen molar-refractivity contribution in [1.82, 2.24) is 5.32 Å². The van der Waals surface area contributed by atoms with E-state index in [1.807, 2.05) is 12.1 Å². The fourth-order valence-electron chi connectivity index (χ4n) is 2.59. The monoisotopic (exact) mass is 418 g/mol. The van der Waals surface area contributed by atoms with Gasteiger partial charge in [-0.25, -0.2) is 8.42 Å². The Bertz CT molecular complexity index is 1040. The summed E-state index contributed by atoms with van der Waals surface area (Å²) in [5.41, 5.74) is 0.561. The summed E-state index contributed by atoms with van der Waals surface area (Å²) in [7, 11) is -3.72. The van der Waals surface area contributed by atoms with Gasteiger partial charge in [-0.05, 0) is 48.9 Å². The number of hydrogen-bond acceptors (Lipinski definition) is 4. The summed E-state index contributed by atoms with van der Waals surface area (Å²) >= 11 is 6.18. The van der Waals surface area contributed by atoms with Crippen LogP contribution in [-0.2, 0) is 16.4 Å². The Balaban J connectivity index is 1.59. The highest BCUT2D eigenvalue weighted by atomic mass is 35.5. The Kier molecular flexibility index (Phi) is 6.38. The fourth-order valence-corrected chi connectivity index (χ4v) is 3.93. The van der Waals surface area contributed by atoms with E-state index in [0.29, 0.717) is 6.54 Å². The van der Waals surface area contributed by atoms with Crippen LogP contribution in [0.4, 0.5) is 5.69 Å². The lowest BCUT2D eigenvalue weighted by Gasteiger charge is -2.11. The summed E-state index contributed by atoms with van der Waals surface area (Å²) in [5, 5.41) is 2.96. The van der Waals surface area contributed by atoms with E-state index in [9.17, 15) is 13.2 Å². The van der Waals surface area contributed by atoms with E-state index in [4.69, 9.17) is 16.0 Å². The summed E-state index contributed by atoms with van der Waals surface area (Å²) < 4.78 is 32.4. The lowest BCUT2D eigenvalue weighted by atomic mass is 10.2. The second-order valence-corrected chi connectivity index (χ2v) is 8.14. The maximum absolute atomic E-state index is 12.4. The maximum Gasteiger partial charge on any atom is 0.261 e. The van der Waals surface area contributed by atoms with Crippen molar-refractivity contribution in [3.05, 3.63) is 83.3 Å². The van der Waals surface area contributed by atoms with Crippen LogP contribution in [0.15, 0.2) is 76.2 Å². The number of sulfonamides is 1. The fraction of sp³-hybridized carbons (Fsp3) is 0.150. The molecule has 0 bridgehead atoms. The number of rotatable bonds is 8. The van der Waals surface area contributed by atoms with Crippen molar-refractivity contribution in [3.63, 3.8) is 0 Å². The first-order chi connectivity index (χ1) is 13.5. The van der Waals surface area contributed by atoms with Crippen LogP contribution in [0.25, 0.3) is 0 Å². The van der Waals surface area contributed by atoms with Crippen LogP contribution in [-0.4, -0.2) is 20.9 Å². The lowest BCUT2D eigenvalue weighted by Crippen LogP contribution is -2.25. The molecule has 1 heterocycles. The van der Waals surface area contributed by atoms with Gasteiger partial charge < -0.3 is 9.73 Å². The molecule has 0 aliphatic heterocycles. The van der Waals surface area contributed by atoms with E-state index in [2.05, 4.69) is 10.0 Å². The predicted octanol–water partition coefficient (Wildman–Crippen LogP) is 4.10. The number of aryl methyl sites for hydroxylation is 1. The van der Waals surface area contributed by atoms with E-state index in [1.165, 1.54) is 30.3 Å². The molecule has 3 aromatic rings. The maximum atomic E-state index is 12.4. The molecule has 8 heteroatoms. The smallest absolute Gasteiger partial charge is 0.261 e. The van der Waals surface area contributed by atoms with Crippen molar-refractivity contribution in [2.45, 2.75) is 17.7 Å². The van der Waals surface area contributed by atoms with Gasteiger partial charge in [0.15, 0.2) is 0 Å². The van der Waals surface area contributed by atoms with Crippen molar-refractivity contribution in [3.8, 4) is 0 Å². The minimum Gasteiger partial charge on any atom is -0.469 e. The van der Waals surface area contributed by atoms with E-state index < -0.39 is 10.0 Å². The number of benzene rings is 2. The summed E-state index contributed by atoms with van der Waals surface area (Å²) in [6.07, 6.45) is 3.06. The molecule has 0 aliphatic carbocycles. The Labute approximate surface area is 168 Å². The van der Waals surface area contributed by atoms with Gasteiger partial charge in [-0.1, -0.05) is 29.8 Å². The Morgan fingerprint density at radius 3 is 2.50 bits per heavy atom. The van der Waals surface area contributed by atoms with E-state index in [1.54, 1.807) is 24.5 Å². The van der Waals surface area contributed by atoms with Crippen molar-refractivity contribution in [2.24, 2.45) is 0 Å². The van der Waals surface area contributed by atoms with Gasteiger partial charge in [0, 0.05) is 13.0 Å². The van der Waals surface area contributed by atoms with E-state index >= 15 is 0 Å². The molecule has 28 heavy (non-hydrogen) atoms. The van der Waals surface area contributed by atoms with Gasteiger partial charge in [-0.2, -0.15) is 0 Å². The highest BCUT2D eigenvalue weighted by molar-refractivity contribution is 7.92. The molecule has 0 aliphatic rings. The average molecular weight is 419 g/mol. The number of halogens is 1. The van der Waals surface area contributed by atoms with Gasteiger partial charge >= 0.3 is 0 Å². The van der Waals surface area contributed by atoms with Crippen molar-refractivity contribution in [2.75, 3.05) is 11.3 Å². The zero-order chi connectivity index (χ0) is 20.0. The molecule has 6 nitrogen and oxygen atoms in total. The number of carbonyl (C=O) groups is 1. The molecule has 1 aromatic heterocycles. The van der Waals surface area contributed by atoms with Crippen molar-refractivity contribution < 1.29 is 17.6 Å². The summed E-state index contributed by atoms with van der Waals surface area (Å²) in [5.74, 6) is 0.546. The highest BCUT2D eigenvalue weighted by Gasteiger charge is 2.16. The van der Waals surface area contributed by atoms with E-state index in [-0.39, 0.29) is 27.1 Å². The van der Waals surface area contributed by atoms with Gasteiger partial charge in [0.2, 0.25) is 0 Å². The summed E-state index contributed by atoms with van der Waals surface area (Å²) in [6, 6.07) is 16.1. The molecule has 0 saturated carbocycles. The number of carbonyl (C=O) groups excluding carboxylic acids is 1. The Morgan fingerprint density at radius 1 is 1.04 bits per heavy atom. The third-order valence-electron chi connectivity index (χ3n) is 3.99. The van der Waals surface area contributed by atoms with Gasteiger partial charge in [0.1, 0.15) is 5.76 Å². The topological polar surface area (TPSA) is 88.4 Å². The molecule has 3 rings (SSSR count). The zero-order valence-electron chi connectivity index (χ0n) is 14.9. The SMILES string of the molecule is O=C(NCCCc1ccco1)c1ccc(NS(=O)(=O)c2ccccc2)cc1Cl. The molecule has 0 unspecified atom stereocenters. The van der Waals surface area contributed by atoms with Crippen LogP contribution in [0.1, 0.15) is 22.5 Å². The third kappa shape index (κ3) is 5.15. The molecule has 1 amide bonds. The predicted molar refractivity (Wildman–Crippen MR) is 108 cm³/mol. The van der Waals surface area contributed by atoms with Crippen LogP contribution in [0.5, 0.6) is 0 Å². The number of anilines is 1. The molecule has 2 N–H and O–H groups in total. The summed E-state index contributed by atoms with van der Waals surface area (Å²) in [4.78, 5) is 12.4. The summed E-state index contributed by atoms with van der Waals surface area (Å²) in [6.45, 7) is 0.470.